The van der Waals surface area contributed by atoms with Crippen molar-refractivity contribution in [2.75, 3.05) is 38.1 Å². The third-order valence-corrected chi connectivity index (χ3v) is 3.12. The molecular weight excluding hydrogens is 243 g/mol. The standard InChI is InChI=1S/C12H16F3N3/c1-17-5-2-6-18(8-7-17)11-4-3-10(9-16-11)12(13,14)15/h3-4,9H,2,5-8H2,1H3. The highest BCUT2D eigenvalue weighted by molar-refractivity contribution is 5.40. The molecule has 1 aliphatic rings. The summed E-state index contributed by atoms with van der Waals surface area (Å²) in [6.45, 7) is 3.55. The Balaban J connectivity index is 2.09. The van der Waals surface area contributed by atoms with Gasteiger partial charge in [0.15, 0.2) is 0 Å². The lowest BCUT2D eigenvalue weighted by atomic mass is 10.2. The number of hydrogen-bond donors (Lipinski definition) is 0. The number of alkyl halides is 3. The molecule has 2 heterocycles. The third-order valence-electron chi connectivity index (χ3n) is 3.12. The SMILES string of the molecule is CN1CCCN(c2ccc(C(F)(F)F)cn2)CC1. The first-order chi connectivity index (χ1) is 8.47. The Kier molecular flexibility index (Phi) is 3.75. The molecule has 1 aromatic rings. The van der Waals surface area contributed by atoms with Crippen molar-refractivity contribution in [2.45, 2.75) is 12.6 Å². The van der Waals surface area contributed by atoms with Crippen molar-refractivity contribution in [3.05, 3.63) is 23.9 Å². The van der Waals surface area contributed by atoms with Gasteiger partial charge in [-0.2, -0.15) is 13.2 Å². The largest absolute Gasteiger partial charge is 0.417 e. The van der Waals surface area contributed by atoms with Crippen LogP contribution in [0.1, 0.15) is 12.0 Å². The molecular formula is C12H16F3N3. The summed E-state index contributed by atoms with van der Waals surface area (Å²) in [5.74, 6) is 0.623. The molecule has 1 fully saturated rings. The van der Waals surface area contributed by atoms with Crippen LogP contribution in [-0.2, 0) is 6.18 Å². The van der Waals surface area contributed by atoms with Gasteiger partial charge in [-0.05, 0) is 32.1 Å². The van der Waals surface area contributed by atoms with Gasteiger partial charge in [0, 0.05) is 25.8 Å². The average Bonchev–Trinajstić information content (AvgIpc) is 2.53. The van der Waals surface area contributed by atoms with E-state index < -0.39 is 11.7 Å². The van der Waals surface area contributed by atoms with E-state index in [0.717, 1.165) is 44.9 Å². The van der Waals surface area contributed by atoms with Crippen molar-refractivity contribution in [3.8, 4) is 0 Å². The van der Waals surface area contributed by atoms with Gasteiger partial charge < -0.3 is 9.80 Å². The fraction of sp³-hybridized carbons (Fsp3) is 0.583. The highest BCUT2D eigenvalue weighted by Gasteiger charge is 2.30. The summed E-state index contributed by atoms with van der Waals surface area (Å²) < 4.78 is 37.3. The molecule has 2 rings (SSSR count). The molecule has 6 heteroatoms. The number of anilines is 1. The fourth-order valence-electron chi connectivity index (χ4n) is 2.02. The zero-order valence-electron chi connectivity index (χ0n) is 10.2. The van der Waals surface area contributed by atoms with Gasteiger partial charge in [-0.25, -0.2) is 4.98 Å². The van der Waals surface area contributed by atoms with Gasteiger partial charge in [0.1, 0.15) is 5.82 Å². The number of rotatable bonds is 1. The van der Waals surface area contributed by atoms with E-state index in [2.05, 4.69) is 9.88 Å². The van der Waals surface area contributed by atoms with Gasteiger partial charge in [-0.3, -0.25) is 0 Å². The van der Waals surface area contributed by atoms with Crippen LogP contribution in [0.3, 0.4) is 0 Å². The Morgan fingerprint density at radius 2 is 1.89 bits per heavy atom. The highest BCUT2D eigenvalue weighted by atomic mass is 19.4. The maximum atomic E-state index is 12.4. The van der Waals surface area contributed by atoms with E-state index >= 15 is 0 Å². The highest BCUT2D eigenvalue weighted by Crippen LogP contribution is 2.29. The monoisotopic (exact) mass is 259 g/mol. The predicted octanol–water partition coefficient (Wildman–Crippen LogP) is 2.24. The molecule has 0 amide bonds. The molecule has 18 heavy (non-hydrogen) atoms. The first-order valence-corrected chi connectivity index (χ1v) is 5.93. The zero-order valence-corrected chi connectivity index (χ0v) is 10.2. The lowest BCUT2D eigenvalue weighted by molar-refractivity contribution is -0.137. The molecule has 1 aromatic heterocycles. The topological polar surface area (TPSA) is 19.4 Å². The normalized spacial score (nSPS) is 18.8. The smallest absolute Gasteiger partial charge is 0.355 e. The number of aromatic nitrogens is 1. The van der Waals surface area contributed by atoms with E-state index in [1.165, 1.54) is 6.07 Å². The minimum atomic E-state index is -4.31. The number of hydrogen-bond acceptors (Lipinski definition) is 3. The maximum absolute atomic E-state index is 12.4. The fourth-order valence-corrected chi connectivity index (χ4v) is 2.02. The summed E-state index contributed by atoms with van der Waals surface area (Å²) in [6, 6.07) is 2.55. The summed E-state index contributed by atoms with van der Waals surface area (Å²) in [5, 5.41) is 0. The minimum Gasteiger partial charge on any atom is -0.355 e. The maximum Gasteiger partial charge on any atom is 0.417 e. The summed E-state index contributed by atoms with van der Waals surface area (Å²) in [7, 11) is 2.05. The van der Waals surface area contributed by atoms with Crippen LogP contribution in [0.5, 0.6) is 0 Å². The Labute approximate surface area is 104 Å². The molecule has 0 atom stereocenters. The molecule has 1 saturated heterocycles. The van der Waals surface area contributed by atoms with Gasteiger partial charge in [0.25, 0.3) is 0 Å². The number of pyridine rings is 1. The lowest BCUT2D eigenvalue weighted by Crippen LogP contribution is -2.29. The van der Waals surface area contributed by atoms with E-state index in [4.69, 9.17) is 0 Å². The van der Waals surface area contributed by atoms with Crippen molar-refractivity contribution >= 4 is 5.82 Å². The molecule has 0 aromatic carbocycles. The first-order valence-electron chi connectivity index (χ1n) is 5.93. The van der Waals surface area contributed by atoms with Crippen LogP contribution in [0.25, 0.3) is 0 Å². The van der Waals surface area contributed by atoms with Crippen LogP contribution in [0, 0.1) is 0 Å². The van der Waals surface area contributed by atoms with E-state index in [-0.39, 0.29) is 0 Å². The van der Waals surface area contributed by atoms with Crippen molar-refractivity contribution < 1.29 is 13.2 Å². The quantitative estimate of drug-likeness (QED) is 0.771. The van der Waals surface area contributed by atoms with Crippen LogP contribution in [0.15, 0.2) is 18.3 Å². The molecule has 3 nitrogen and oxygen atoms in total. The zero-order chi connectivity index (χ0) is 13.2. The van der Waals surface area contributed by atoms with Crippen molar-refractivity contribution in [1.29, 1.82) is 0 Å². The molecule has 0 N–H and O–H groups in total. The van der Waals surface area contributed by atoms with Crippen LogP contribution < -0.4 is 4.90 Å². The molecule has 0 saturated carbocycles. The Morgan fingerprint density at radius 3 is 2.50 bits per heavy atom. The van der Waals surface area contributed by atoms with Gasteiger partial charge >= 0.3 is 6.18 Å². The first kappa shape index (κ1) is 13.1. The number of likely N-dealkylation sites (N-methyl/N-ethyl adjacent to an activating group) is 1. The Hall–Kier alpha value is -1.30. The van der Waals surface area contributed by atoms with Gasteiger partial charge in [0.2, 0.25) is 0 Å². The minimum absolute atomic E-state index is 0.623. The second kappa shape index (κ2) is 5.14. The molecule has 100 valence electrons. The molecule has 0 bridgehead atoms. The molecule has 0 radical (unpaired) electrons. The van der Waals surface area contributed by atoms with Gasteiger partial charge in [-0.1, -0.05) is 0 Å². The van der Waals surface area contributed by atoms with Crippen LogP contribution in [-0.4, -0.2) is 43.1 Å². The molecule has 1 aliphatic heterocycles. The van der Waals surface area contributed by atoms with Crippen LogP contribution >= 0.6 is 0 Å². The number of nitrogens with zero attached hydrogens (tertiary/aromatic N) is 3. The Morgan fingerprint density at radius 1 is 1.11 bits per heavy atom. The summed E-state index contributed by atoms with van der Waals surface area (Å²) in [5.41, 5.74) is -0.696. The average molecular weight is 259 g/mol. The summed E-state index contributed by atoms with van der Waals surface area (Å²) in [4.78, 5) is 8.17. The van der Waals surface area contributed by atoms with Gasteiger partial charge in [-0.15, -0.1) is 0 Å². The van der Waals surface area contributed by atoms with Crippen molar-refractivity contribution in [2.24, 2.45) is 0 Å². The van der Waals surface area contributed by atoms with E-state index in [1.807, 2.05) is 11.9 Å². The second-order valence-corrected chi connectivity index (χ2v) is 4.55. The number of halogens is 3. The van der Waals surface area contributed by atoms with E-state index in [9.17, 15) is 13.2 Å². The summed E-state index contributed by atoms with van der Waals surface area (Å²) >= 11 is 0. The Bertz CT molecular complexity index is 389. The van der Waals surface area contributed by atoms with Crippen LogP contribution in [0.2, 0.25) is 0 Å². The van der Waals surface area contributed by atoms with Crippen molar-refractivity contribution in [1.82, 2.24) is 9.88 Å². The third kappa shape index (κ3) is 3.13. The van der Waals surface area contributed by atoms with Crippen molar-refractivity contribution in [3.63, 3.8) is 0 Å². The predicted molar refractivity (Wildman–Crippen MR) is 63.6 cm³/mol. The van der Waals surface area contributed by atoms with Gasteiger partial charge in [0.05, 0.1) is 5.56 Å². The van der Waals surface area contributed by atoms with Crippen LogP contribution in [0.4, 0.5) is 19.0 Å². The van der Waals surface area contributed by atoms with E-state index in [1.54, 1.807) is 0 Å². The lowest BCUT2D eigenvalue weighted by Gasteiger charge is -2.21. The molecule has 0 aliphatic carbocycles. The van der Waals surface area contributed by atoms with E-state index in [0.29, 0.717) is 5.82 Å². The summed E-state index contributed by atoms with van der Waals surface area (Å²) in [6.07, 6.45) is -2.41. The molecule has 0 spiro atoms. The second-order valence-electron chi connectivity index (χ2n) is 4.55. The molecule has 0 unspecified atom stereocenters.